The summed E-state index contributed by atoms with van der Waals surface area (Å²) in [5.41, 5.74) is 1.96. The fourth-order valence-corrected chi connectivity index (χ4v) is 5.49. The highest BCUT2D eigenvalue weighted by molar-refractivity contribution is 9.11. The lowest BCUT2D eigenvalue weighted by molar-refractivity contribution is 0.387. The molecule has 1 aromatic heterocycles. The number of halogens is 2. The Morgan fingerprint density at radius 3 is 2.76 bits per heavy atom. The Morgan fingerprint density at radius 1 is 1.19 bits per heavy atom. The van der Waals surface area contributed by atoms with Gasteiger partial charge in [0, 0.05) is 40.3 Å². The van der Waals surface area contributed by atoms with Crippen LogP contribution in [-0.4, -0.2) is 24.3 Å². The third-order valence-corrected chi connectivity index (χ3v) is 6.76. The Hall–Kier alpha value is -0.760. The first-order valence-corrected chi connectivity index (χ1v) is 9.39. The maximum absolute atomic E-state index is 12.8. The van der Waals surface area contributed by atoms with Gasteiger partial charge in [-0.15, -0.1) is 0 Å². The van der Waals surface area contributed by atoms with Gasteiger partial charge in [-0.2, -0.15) is 4.31 Å². The summed E-state index contributed by atoms with van der Waals surface area (Å²) >= 11 is 6.67. The second-order valence-corrected chi connectivity index (χ2v) is 8.45. The van der Waals surface area contributed by atoms with Crippen LogP contribution in [0.15, 0.2) is 50.4 Å². The molecule has 0 saturated heterocycles. The predicted octanol–water partition coefficient (Wildman–Crippen LogP) is 3.35. The Bertz CT molecular complexity index is 793. The normalized spacial score (nSPS) is 15.7. The zero-order valence-corrected chi connectivity index (χ0v) is 14.9. The van der Waals surface area contributed by atoms with Crippen LogP contribution < -0.4 is 0 Å². The highest BCUT2D eigenvalue weighted by Gasteiger charge is 2.30. The highest BCUT2D eigenvalue weighted by Crippen LogP contribution is 2.30. The number of rotatable bonds is 2. The summed E-state index contributed by atoms with van der Waals surface area (Å²) in [5.74, 6) is 0. The molecule has 7 heteroatoms. The molecule has 1 aromatic carbocycles. The van der Waals surface area contributed by atoms with Gasteiger partial charge in [-0.05, 0) is 45.8 Å². The predicted molar refractivity (Wildman–Crippen MR) is 87.4 cm³/mol. The molecule has 2 aromatic rings. The molecular formula is C14H12Br2N2O2S. The molecule has 0 bridgehead atoms. The van der Waals surface area contributed by atoms with E-state index in [2.05, 4.69) is 36.8 Å². The van der Waals surface area contributed by atoms with E-state index in [-0.39, 0.29) is 4.90 Å². The van der Waals surface area contributed by atoms with Crippen LogP contribution in [0.3, 0.4) is 0 Å². The van der Waals surface area contributed by atoms with Gasteiger partial charge < -0.3 is 0 Å². The molecule has 110 valence electrons. The molecule has 1 aliphatic heterocycles. The first-order valence-electron chi connectivity index (χ1n) is 6.36. The van der Waals surface area contributed by atoms with Gasteiger partial charge in [0.2, 0.25) is 10.0 Å². The minimum absolute atomic E-state index is 0.290. The molecule has 0 amide bonds. The molecule has 0 spiro atoms. The number of hydrogen-bond donors (Lipinski definition) is 0. The molecule has 1 aliphatic rings. The van der Waals surface area contributed by atoms with Crippen LogP contribution in [0.25, 0.3) is 0 Å². The van der Waals surface area contributed by atoms with Gasteiger partial charge in [-0.3, -0.25) is 4.98 Å². The van der Waals surface area contributed by atoms with Crippen LogP contribution in [0, 0.1) is 0 Å². The zero-order chi connectivity index (χ0) is 15.0. The van der Waals surface area contributed by atoms with Crippen LogP contribution in [0.5, 0.6) is 0 Å². The van der Waals surface area contributed by atoms with Gasteiger partial charge in [-0.1, -0.05) is 22.0 Å². The fourth-order valence-electron chi connectivity index (χ4n) is 2.37. The molecule has 0 saturated carbocycles. The third-order valence-electron chi connectivity index (χ3n) is 3.44. The summed E-state index contributed by atoms with van der Waals surface area (Å²) in [6.45, 7) is 0.822. The minimum Gasteiger partial charge on any atom is -0.261 e. The van der Waals surface area contributed by atoms with Crippen LogP contribution in [0.2, 0.25) is 0 Å². The summed E-state index contributed by atoms with van der Waals surface area (Å²) in [6.07, 6.45) is 2.39. The molecule has 0 radical (unpaired) electrons. The standard InChI is InChI=1S/C14H12Br2N2O2S/c15-11-3-4-14(12(16)8-11)21(19,20)18-7-5-13-10(9-18)2-1-6-17-13/h1-4,6,8H,5,7,9H2. The Kier molecular flexibility index (Phi) is 4.18. The first kappa shape index (κ1) is 15.1. The molecular weight excluding hydrogens is 420 g/mol. The van der Waals surface area contributed by atoms with Gasteiger partial charge in [0.05, 0.1) is 4.90 Å². The van der Waals surface area contributed by atoms with Gasteiger partial charge in [0.15, 0.2) is 0 Å². The van der Waals surface area contributed by atoms with Crippen molar-refractivity contribution in [1.82, 2.24) is 9.29 Å². The molecule has 0 aliphatic carbocycles. The quantitative estimate of drug-likeness (QED) is 0.732. The van der Waals surface area contributed by atoms with Crippen molar-refractivity contribution in [3.63, 3.8) is 0 Å². The summed E-state index contributed by atoms with van der Waals surface area (Å²) in [5, 5.41) is 0. The van der Waals surface area contributed by atoms with E-state index >= 15 is 0 Å². The van der Waals surface area contributed by atoms with Crippen molar-refractivity contribution in [2.45, 2.75) is 17.9 Å². The van der Waals surface area contributed by atoms with E-state index in [0.29, 0.717) is 24.0 Å². The van der Waals surface area contributed by atoms with Gasteiger partial charge in [0.25, 0.3) is 0 Å². The average Bonchev–Trinajstić information content (AvgIpc) is 2.46. The number of hydrogen-bond acceptors (Lipinski definition) is 3. The van der Waals surface area contributed by atoms with Crippen molar-refractivity contribution < 1.29 is 8.42 Å². The van der Waals surface area contributed by atoms with Crippen molar-refractivity contribution in [2.75, 3.05) is 6.54 Å². The number of benzene rings is 1. The Labute approximate surface area is 140 Å². The molecule has 0 N–H and O–H groups in total. The number of aromatic nitrogens is 1. The van der Waals surface area contributed by atoms with Crippen molar-refractivity contribution in [3.05, 3.63) is 56.7 Å². The van der Waals surface area contributed by atoms with Crippen LogP contribution in [0.4, 0.5) is 0 Å². The monoisotopic (exact) mass is 430 g/mol. The van der Waals surface area contributed by atoms with E-state index in [4.69, 9.17) is 0 Å². The summed E-state index contributed by atoms with van der Waals surface area (Å²) in [7, 11) is -3.51. The van der Waals surface area contributed by atoms with Crippen molar-refractivity contribution in [2.24, 2.45) is 0 Å². The lowest BCUT2D eigenvalue weighted by Crippen LogP contribution is -2.36. The SMILES string of the molecule is O=S(=O)(c1ccc(Br)cc1Br)N1CCc2ncccc2C1. The smallest absolute Gasteiger partial charge is 0.244 e. The molecule has 4 nitrogen and oxygen atoms in total. The van der Waals surface area contributed by atoms with E-state index < -0.39 is 10.0 Å². The molecule has 0 atom stereocenters. The van der Waals surface area contributed by atoms with E-state index in [0.717, 1.165) is 15.7 Å². The minimum atomic E-state index is -3.51. The Morgan fingerprint density at radius 2 is 2.00 bits per heavy atom. The van der Waals surface area contributed by atoms with Gasteiger partial charge in [0.1, 0.15) is 0 Å². The first-order chi connectivity index (χ1) is 9.98. The maximum atomic E-state index is 12.8. The second kappa shape index (κ2) is 5.79. The molecule has 0 unspecified atom stereocenters. The Balaban J connectivity index is 1.97. The lowest BCUT2D eigenvalue weighted by atomic mass is 10.1. The van der Waals surface area contributed by atoms with Gasteiger partial charge >= 0.3 is 0 Å². The number of nitrogens with zero attached hydrogens (tertiary/aromatic N) is 2. The molecule has 2 heterocycles. The van der Waals surface area contributed by atoms with Crippen LogP contribution in [-0.2, 0) is 23.0 Å². The highest BCUT2D eigenvalue weighted by atomic mass is 79.9. The topological polar surface area (TPSA) is 50.3 Å². The summed E-state index contributed by atoms with van der Waals surface area (Å²) < 4.78 is 28.5. The van der Waals surface area contributed by atoms with Crippen molar-refractivity contribution >= 4 is 41.9 Å². The molecule has 21 heavy (non-hydrogen) atoms. The lowest BCUT2D eigenvalue weighted by Gasteiger charge is -2.27. The zero-order valence-electron chi connectivity index (χ0n) is 11.0. The summed E-state index contributed by atoms with van der Waals surface area (Å²) in [4.78, 5) is 4.59. The largest absolute Gasteiger partial charge is 0.261 e. The van der Waals surface area contributed by atoms with Gasteiger partial charge in [-0.25, -0.2) is 8.42 Å². The number of fused-ring (bicyclic) bond motifs is 1. The fraction of sp³-hybridized carbons (Fsp3) is 0.214. The van der Waals surface area contributed by atoms with Crippen LogP contribution >= 0.6 is 31.9 Å². The van der Waals surface area contributed by atoms with E-state index in [1.54, 1.807) is 24.4 Å². The van der Waals surface area contributed by atoms with Crippen molar-refractivity contribution in [3.8, 4) is 0 Å². The average molecular weight is 432 g/mol. The van der Waals surface area contributed by atoms with E-state index in [9.17, 15) is 8.42 Å². The van der Waals surface area contributed by atoms with Crippen molar-refractivity contribution in [1.29, 1.82) is 0 Å². The molecule has 3 rings (SSSR count). The van der Waals surface area contributed by atoms with E-state index in [1.165, 1.54) is 4.31 Å². The third kappa shape index (κ3) is 2.92. The van der Waals surface area contributed by atoms with Crippen LogP contribution in [0.1, 0.15) is 11.3 Å². The van der Waals surface area contributed by atoms with E-state index in [1.807, 2.05) is 12.1 Å². The number of pyridine rings is 1. The maximum Gasteiger partial charge on any atom is 0.244 e. The summed E-state index contributed by atoms with van der Waals surface area (Å²) in [6, 6.07) is 8.86. The molecule has 0 fully saturated rings. The number of sulfonamides is 1. The second-order valence-electron chi connectivity index (χ2n) is 4.77.